The van der Waals surface area contributed by atoms with Gasteiger partial charge in [-0.2, -0.15) is 0 Å². The third-order valence-electron chi connectivity index (χ3n) is 4.09. The number of aromatic amines is 1. The fourth-order valence-corrected chi connectivity index (χ4v) is 3.01. The van der Waals surface area contributed by atoms with Gasteiger partial charge in [-0.15, -0.1) is 0 Å². The third-order valence-corrected chi connectivity index (χ3v) is 4.33. The smallest absolute Gasteiger partial charge is 0.409 e. The molecule has 7 heteroatoms. The van der Waals surface area contributed by atoms with Crippen LogP contribution in [0.3, 0.4) is 0 Å². The summed E-state index contributed by atoms with van der Waals surface area (Å²) in [6, 6.07) is 7.30. The first-order chi connectivity index (χ1) is 11.1. The Bertz CT molecular complexity index is 735. The maximum Gasteiger partial charge on any atom is 0.409 e. The summed E-state index contributed by atoms with van der Waals surface area (Å²) in [5.41, 5.74) is 1.39. The molecule has 1 aromatic carbocycles. The number of ether oxygens (including phenoxy) is 1. The van der Waals surface area contributed by atoms with Crippen LogP contribution in [0.1, 0.15) is 23.3 Å². The number of fused-ring (bicyclic) bond motifs is 1. The normalized spacial score (nSPS) is 15.7. The van der Waals surface area contributed by atoms with Gasteiger partial charge in [0.1, 0.15) is 5.69 Å². The molecule has 1 aromatic heterocycles. The van der Waals surface area contributed by atoms with Crippen LogP contribution in [0, 0.1) is 0 Å². The zero-order chi connectivity index (χ0) is 16.4. The highest BCUT2D eigenvalue weighted by Gasteiger charge is 2.24. The average Bonchev–Trinajstić information content (AvgIpc) is 2.98. The molecule has 0 aliphatic carbocycles. The quantitative estimate of drug-likeness (QED) is 0.886. The minimum atomic E-state index is -0.317. The lowest BCUT2D eigenvalue weighted by molar-refractivity contribution is 0.0888. The molecule has 1 fully saturated rings. The number of hydrogen-bond acceptors (Lipinski definition) is 3. The van der Waals surface area contributed by atoms with E-state index in [-0.39, 0.29) is 18.0 Å². The average molecular weight is 336 g/mol. The van der Waals surface area contributed by atoms with Crippen molar-refractivity contribution in [1.82, 2.24) is 15.2 Å². The Labute approximate surface area is 138 Å². The number of carbonyl (C=O) groups excluding carboxylic acids is 2. The Kier molecular flexibility index (Phi) is 4.43. The van der Waals surface area contributed by atoms with Crippen LogP contribution in [0.5, 0.6) is 0 Å². The van der Waals surface area contributed by atoms with Crippen molar-refractivity contribution in [2.45, 2.75) is 18.9 Å². The van der Waals surface area contributed by atoms with E-state index in [1.54, 1.807) is 17.0 Å². The van der Waals surface area contributed by atoms with Gasteiger partial charge in [0, 0.05) is 35.1 Å². The summed E-state index contributed by atoms with van der Waals surface area (Å²) < 4.78 is 4.70. The molecule has 2 heterocycles. The summed E-state index contributed by atoms with van der Waals surface area (Å²) in [6.45, 7) is 1.17. The molecule has 122 valence electrons. The molecular weight excluding hydrogens is 318 g/mol. The second kappa shape index (κ2) is 6.50. The molecule has 23 heavy (non-hydrogen) atoms. The Morgan fingerprint density at radius 3 is 2.74 bits per heavy atom. The number of hydrogen-bond donors (Lipinski definition) is 2. The van der Waals surface area contributed by atoms with Crippen LogP contribution in [0.25, 0.3) is 10.9 Å². The first kappa shape index (κ1) is 15.7. The molecule has 1 aliphatic heterocycles. The maximum atomic E-state index is 12.4. The van der Waals surface area contributed by atoms with Gasteiger partial charge < -0.3 is 19.9 Å². The number of aromatic nitrogens is 1. The van der Waals surface area contributed by atoms with Crippen LogP contribution in [-0.2, 0) is 4.74 Å². The van der Waals surface area contributed by atoms with E-state index in [9.17, 15) is 9.59 Å². The number of amides is 2. The van der Waals surface area contributed by atoms with Gasteiger partial charge in [-0.05, 0) is 37.1 Å². The number of nitrogens with one attached hydrogen (secondary N) is 2. The molecule has 0 atom stereocenters. The van der Waals surface area contributed by atoms with Crippen LogP contribution in [-0.4, -0.2) is 48.1 Å². The maximum absolute atomic E-state index is 12.4. The summed E-state index contributed by atoms with van der Waals surface area (Å²) in [4.78, 5) is 28.5. The molecule has 0 spiro atoms. The van der Waals surface area contributed by atoms with Crippen molar-refractivity contribution in [3.05, 3.63) is 35.0 Å². The lowest BCUT2D eigenvalue weighted by Crippen LogP contribution is -2.46. The summed E-state index contributed by atoms with van der Waals surface area (Å²) in [5, 5.41) is 4.55. The molecule has 1 aliphatic rings. The highest BCUT2D eigenvalue weighted by molar-refractivity contribution is 6.31. The fourth-order valence-electron chi connectivity index (χ4n) is 2.82. The summed E-state index contributed by atoms with van der Waals surface area (Å²) in [5.74, 6) is -0.145. The van der Waals surface area contributed by atoms with Gasteiger partial charge in [-0.1, -0.05) is 11.6 Å². The van der Waals surface area contributed by atoms with E-state index in [2.05, 4.69) is 10.3 Å². The van der Waals surface area contributed by atoms with Gasteiger partial charge >= 0.3 is 6.09 Å². The van der Waals surface area contributed by atoms with E-state index in [0.717, 1.165) is 10.9 Å². The SMILES string of the molecule is COC(=O)N1CCC(NC(=O)c2cc3cc(Cl)ccc3[nH]2)CC1. The topological polar surface area (TPSA) is 74.4 Å². The number of piperidine rings is 1. The lowest BCUT2D eigenvalue weighted by atomic mass is 10.1. The minimum Gasteiger partial charge on any atom is -0.453 e. The van der Waals surface area contributed by atoms with Gasteiger partial charge in [0.05, 0.1) is 7.11 Å². The van der Waals surface area contributed by atoms with Crippen molar-refractivity contribution in [3.8, 4) is 0 Å². The Morgan fingerprint density at radius 1 is 1.30 bits per heavy atom. The largest absolute Gasteiger partial charge is 0.453 e. The molecule has 0 bridgehead atoms. The van der Waals surface area contributed by atoms with E-state index in [1.807, 2.05) is 12.1 Å². The van der Waals surface area contributed by atoms with Gasteiger partial charge in [0.2, 0.25) is 0 Å². The number of halogens is 1. The molecule has 2 amide bonds. The van der Waals surface area contributed by atoms with Crippen molar-refractivity contribution in [3.63, 3.8) is 0 Å². The van der Waals surface area contributed by atoms with Crippen molar-refractivity contribution in [2.75, 3.05) is 20.2 Å². The Hall–Kier alpha value is -2.21. The highest BCUT2D eigenvalue weighted by Crippen LogP contribution is 2.20. The third kappa shape index (κ3) is 3.42. The first-order valence-corrected chi connectivity index (χ1v) is 7.86. The first-order valence-electron chi connectivity index (χ1n) is 7.49. The summed E-state index contributed by atoms with van der Waals surface area (Å²) in [7, 11) is 1.37. The lowest BCUT2D eigenvalue weighted by Gasteiger charge is -2.31. The second-order valence-corrected chi connectivity index (χ2v) is 6.06. The molecule has 1 saturated heterocycles. The predicted octanol–water partition coefficient (Wildman–Crippen LogP) is 2.78. The van der Waals surface area contributed by atoms with Crippen LogP contribution in [0.2, 0.25) is 5.02 Å². The van der Waals surface area contributed by atoms with E-state index in [1.165, 1.54) is 7.11 Å². The van der Waals surface area contributed by atoms with Crippen molar-refractivity contribution in [2.24, 2.45) is 0 Å². The minimum absolute atomic E-state index is 0.0541. The second-order valence-electron chi connectivity index (χ2n) is 5.62. The molecule has 0 saturated carbocycles. The van der Waals surface area contributed by atoms with Gasteiger partial charge in [0.15, 0.2) is 0 Å². The van der Waals surface area contributed by atoms with E-state index >= 15 is 0 Å². The van der Waals surface area contributed by atoms with Crippen LogP contribution in [0.15, 0.2) is 24.3 Å². The number of likely N-dealkylation sites (tertiary alicyclic amines) is 1. The number of methoxy groups -OCH3 is 1. The molecule has 0 unspecified atom stereocenters. The van der Waals surface area contributed by atoms with Crippen molar-refractivity contribution < 1.29 is 14.3 Å². The molecular formula is C16H18ClN3O3. The van der Waals surface area contributed by atoms with Gasteiger partial charge in [-0.3, -0.25) is 4.79 Å². The number of benzene rings is 1. The summed E-state index contributed by atoms with van der Waals surface area (Å²) >= 11 is 5.96. The number of carbonyl (C=O) groups is 2. The van der Waals surface area contributed by atoms with Crippen LogP contribution in [0.4, 0.5) is 4.79 Å². The zero-order valence-corrected chi connectivity index (χ0v) is 13.5. The fraction of sp³-hybridized carbons (Fsp3) is 0.375. The molecule has 2 N–H and O–H groups in total. The Morgan fingerprint density at radius 2 is 2.04 bits per heavy atom. The number of nitrogens with zero attached hydrogens (tertiary/aromatic N) is 1. The summed E-state index contributed by atoms with van der Waals surface area (Å²) in [6.07, 6.45) is 1.11. The zero-order valence-electron chi connectivity index (χ0n) is 12.8. The molecule has 0 radical (unpaired) electrons. The highest BCUT2D eigenvalue weighted by atomic mass is 35.5. The van der Waals surface area contributed by atoms with E-state index in [0.29, 0.717) is 36.6 Å². The van der Waals surface area contributed by atoms with Crippen LogP contribution < -0.4 is 5.32 Å². The predicted molar refractivity (Wildman–Crippen MR) is 87.8 cm³/mol. The molecule has 3 rings (SSSR count). The van der Waals surface area contributed by atoms with Crippen molar-refractivity contribution >= 4 is 34.5 Å². The number of H-pyrrole nitrogens is 1. The van der Waals surface area contributed by atoms with E-state index < -0.39 is 0 Å². The number of rotatable bonds is 2. The standard InChI is InChI=1S/C16H18ClN3O3/c1-23-16(22)20-6-4-12(5-7-20)18-15(21)14-9-10-8-11(17)2-3-13(10)19-14/h2-3,8-9,12,19H,4-7H2,1H3,(H,18,21). The van der Waals surface area contributed by atoms with Crippen LogP contribution >= 0.6 is 11.6 Å². The van der Waals surface area contributed by atoms with Gasteiger partial charge in [-0.25, -0.2) is 4.79 Å². The monoisotopic (exact) mass is 335 g/mol. The molecule has 6 nitrogen and oxygen atoms in total. The van der Waals surface area contributed by atoms with Gasteiger partial charge in [0.25, 0.3) is 5.91 Å². The van der Waals surface area contributed by atoms with Crippen molar-refractivity contribution in [1.29, 1.82) is 0 Å². The Balaban J connectivity index is 1.62. The molecule has 2 aromatic rings. The van der Waals surface area contributed by atoms with E-state index in [4.69, 9.17) is 16.3 Å².